The predicted octanol–water partition coefficient (Wildman–Crippen LogP) is 0.325. The zero-order valence-electron chi connectivity index (χ0n) is 12.2. The first-order chi connectivity index (χ1) is 9.58. The molecule has 3 amide bonds. The van der Waals surface area contributed by atoms with E-state index in [1.54, 1.807) is 0 Å². The van der Waals surface area contributed by atoms with Crippen LogP contribution in [-0.2, 0) is 14.4 Å². The molecule has 0 aromatic rings. The second-order valence-electron chi connectivity index (χ2n) is 5.33. The summed E-state index contributed by atoms with van der Waals surface area (Å²) in [5, 5.41) is 7.61. The Kier molecular flexibility index (Phi) is 7.69. The van der Waals surface area contributed by atoms with Crippen molar-refractivity contribution in [3.05, 3.63) is 0 Å². The van der Waals surface area contributed by atoms with Crippen molar-refractivity contribution in [2.45, 2.75) is 45.4 Å². The van der Waals surface area contributed by atoms with Gasteiger partial charge in [0, 0.05) is 13.5 Å². The van der Waals surface area contributed by atoms with Crippen LogP contribution in [0.25, 0.3) is 0 Å². The van der Waals surface area contributed by atoms with Gasteiger partial charge in [0.1, 0.15) is 0 Å². The molecule has 1 aliphatic rings. The quantitative estimate of drug-likeness (QED) is 0.561. The second-order valence-corrected chi connectivity index (χ2v) is 5.33. The topological polar surface area (TPSA) is 87.3 Å². The summed E-state index contributed by atoms with van der Waals surface area (Å²) in [6.07, 6.45) is 7.51. The summed E-state index contributed by atoms with van der Waals surface area (Å²) in [6, 6.07) is 0. The third kappa shape index (κ3) is 7.76. The second kappa shape index (κ2) is 9.34. The average molecular weight is 283 g/mol. The fourth-order valence-corrected chi connectivity index (χ4v) is 2.43. The molecule has 6 nitrogen and oxygen atoms in total. The summed E-state index contributed by atoms with van der Waals surface area (Å²) in [7, 11) is 0. The lowest BCUT2D eigenvalue weighted by Crippen LogP contribution is -2.41. The van der Waals surface area contributed by atoms with Gasteiger partial charge in [0.2, 0.25) is 17.7 Å². The molecule has 0 aliphatic heterocycles. The fraction of sp³-hybridized carbons (Fsp3) is 0.786. The minimum Gasteiger partial charge on any atom is -0.355 e. The van der Waals surface area contributed by atoms with E-state index in [0.29, 0.717) is 6.54 Å². The largest absolute Gasteiger partial charge is 0.355 e. The van der Waals surface area contributed by atoms with Crippen LogP contribution in [0.2, 0.25) is 0 Å². The molecule has 1 fully saturated rings. The molecule has 0 radical (unpaired) electrons. The standard InChI is InChI=1S/C14H25N3O3/c1-11(18)16-9-14(20)17-10-13(19)15-8-4-7-12-5-2-3-6-12/h12H,2-10H2,1H3,(H,15,19)(H,16,18)(H,17,20). The highest BCUT2D eigenvalue weighted by Gasteiger charge is 2.14. The third-order valence-electron chi connectivity index (χ3n) is 3.53. The Morgan fingerprint density at radius 2 is 1.55 bits per heavy atom. The Balaban J connectivity index is 1.96. The monoisotopic (exact) mass is 283 g/mol. The molecular weight excluding hydrogens is 258 g/mol. The van der Waals surface area contributed by atoms with Gasteiger partial charge >= 0.3 is 0 Å². The third-order valence-corrected chi connectivity index (χ3v) is 3.53. The van der Waals surface area contributed by atoms with Crippen molar-refractivity contribution in [1.82, 2.24) is 16.0 Å². The molecule has 20 heavy (non-hydrogen) atoms. The van der Waals surface area contributed by atoms with Crippen LogP contribution in [0.1, 0.15) is 45.4 Å². The highest BCUT2D eigenvalue weighted by Crippen LogP contribution is 2.28. The molecule has 1 rings (SSSR count). The molecule has 114 valence electrons. The van der Waals surface area contributed by atoms with Gasteiger partial charge in [-0.05, 0) is 18.8 Å². The van der Waals surface area contributed by atoms with Gasteiger partial charge in [-0.1, -0.05) is 25.7 Å². The molecule has 0 unspecified atom stereocenters. The molecule has 0 saturated heterocycles. The van der Waals surface area contributed by atoms with Gasteiger partial charge in [0.05, 0.1) is 13.1 Å². The Morgan fingerprint density at radius 3 is 2.20 bits per heavy atom. The first kappa shape index (κ1) is 16.5. The van der Waals surface area contributed by atoms with Crippen LogP contribution in [0.15, 0.2) is 0 Å². The van der Waals surface area contributed by atoms with Crippen LogP contribution in [-0.4, -0.2) is 37.4 Å². The van der Waals surface area contributed by atoms with E-state index in [2.05, 4.69) is 16.0 Å². The molecule has 0 heterocycles. The maximum atomic E-state index is 11.5. The Hall–Kier alpha value is -1.59. The molecule has 0 spiro atoms. The molecule has 0 atom stereocenters. The van der Waals surface area contributed by atoms with E-state index in [1.165, 1.54) is 39.0 Å². The first-order valence-electron chi connectivity index (χ1n) is 7.35. The Morgan fingerprint density at radius 1 is 0.950 bits per heavy atom. The Bertz CT molecular complexity index is 339. The molecular formula is C14H25N3O3. The molecule has 1 saturated carbocycles. The van der Waals surface area contributed by atoms with Crippen LogP contribution < -0.4 is 16.0 Å². The van der Waals surface area contributed by atoms with E-state index < -0.39 is 0 Å². The van der Waals surface area contributed by atoms with Crippen molar-refractivity contribution in [2.24, 2.45) is 5.92 Å². The summed E-state index contributed by atoms with van der Waals surface area (Å²) < 4.78 is 0. The van der Waals surface area contributed by atoms with E-state index in [9.17, 15) is 14.4 Å². The number of carbonyl (C=O) groups excluding carboxylic acids is 3. The molecule has 1 aliphatic carbocycles. The van der Waals surface area contributed by atoms with Gasteiger partial charge < -0.3 is 16.0 Å². The van der Waals surface area contributed by atoms with Crippen LogP contribution in [0.3, 0.4) is 0 Å². The van der Waals surface area contributed by atoms with E-state index in [0.717, 1.165) is 12.3 Å². The van der Waals surface area contributed by atoms with Gasteiger partial charge in [-0.15, -0.1) is 0 Å². The van der Waals surface area contributed by atoms with Gasteiger partial charge in [-0.3, -0.25) is 14.4 Å². The predicted molar refractivity (Wildman–Crippen MR) is 75.9 cm³/mol. The van der Waals surface area contributed by atoms with E-state index in [4.69, 9.17) is 0 Å². The SMILES string of the molecule is CC(=O)NCC(=O)NCC(=O)NCCCC1CCCC1. The van der Waals surface area contributed by atoms with Gasteiger partial charge in [-0.2, -0.15) is 0 Å². The number of carbonyl (C=O) groups is 3. The lowest BCUT2D eigenvalue weighted by Gasteiger charge is -2.10. The lowest BCUT2D eigenvalue weighted by atomic mass is 10.0. The number of amides is 3. The number of hydrogen-bond acceptors (Lipinski definition) is 3. The van der Waals surface area contributed by atoms with Gasteiger partial charge in [0.15, 0.2) is 0 Å². The van der Waals surface area contributed by atoms with Crippen molar-refractivity contribution < 1.29 is 14.4 Å². The normalized spacial score (nSPS) is 14.8. The first-order valence-corrected chi connectivity index (χ1v) is 7.35. The smallest absolute Gasteiger partial charge is 0.239 e. The maximum Gasteiger partial charge on any atom is 0.239 e. The summed E-state index contributed by atoms with van der Waals surface area (Å²) in [6.45, 7) is 1.87. The van der Waals surface area contributed by atoms with Crippen LogP contribution in [0.5, 0.6) is 0 Å². The minimum atomic E-state index is -0.360. The van der Waals surface area contributed by atoms with Crippen LogP contribution in [0.4, 0.5) is 0 Å². The summed E-state index contributed by atoms with van der Waals surface area (Å²) in [5.74, 6) is 0.0228. The van der Waals surface area contributed by atoms with Crippen LogP contribution >= 0.6 is 0 Å². The molecule has 0 aromatic heterocycles. The number of nitrogens with one attached hydrogen (secondary N) is 3. The molecule has 0 aromatic carbocycles. The number of hydrogen-bond donors (Lipinski definition) is 3. The summed E-state index contributed by atoms with van der Waals surface area (Å²) >= 11 is 0. The average Bonchev–Trinajstić information content (AvgIpc) is 2.92. The van der Waals surface area contributed by atoms with Crippen LogP contribution in [0, 0.1) is 5.92 Å². The van der Waals surface area contributed by atoms with Crippen molar-refractivity contribution in [2.75, 3.05) is 19.6 Å². The minimum absolute atomic E-state index is 0.0398. The maximum absolute atomic E-state index is 11.5. The highest BCUT2D eigenvalue weighted by atomic mass is 16.2. The molecule has 6 heteroatoms. The van der Waals surface area contributed by atoms with E-state index in [1.807, 2.05) is 0 Å². The van der Waals surface area contributed by atoms with E-state index in [-0.39, 0.29) is 30.8 Å². The van der Waals surface area contributed by atoms with Crippen molar-refractivity contribution in [3.63, 3.8) is 0 Å². The van der Waals surface area contributed by atoms with E-state index >= 15 is 0 Å². The van der Waals surface area contributed by atoms with Gasteiger partial charge in [-0.25, -0.2) is 0 Å². The zero-order chi connectivity index (χ0) is 14.8. The summed E-state index contributed by atoms with van der Waals surface area (Å²) in [4.78, 5) is 33.3. The van der Waals surface area contributed by atoms with Gasteiger partial charge in [0.25, 0.3) is 0 Å². The Labute approximate surface area is 120 Å². The lowest BCUT2D eigenvalue weighted by molar-refractivity contribution is -0.127. The zero-order valence-corrected chi connectivity index (χ0v) is 12.2. The van der Waals surface area contributed by atoms with Crippen molar-refractivity contribution >= 4 is 17.7 Å². The van der Waals surface area contributed by atoms with Crippen molar-refractivity contribution in [3.8, 4) is 0 Å². The molecule has 0 bridgehead atoms. The summed E-state index contributed by atoms with van der Waals surface area (Å²) in [5.41, 5.74) is 0. The van der Waals surface area contributed by atoms with Crippen molar-refractivity contribution in [1.29, 1.82) is 0 Å². The fourth-order valence-electron chi connectivity index (χ4n) is 2.43. The molecule has 3 N–H and O–H groups in total. The number of rotatable bonds is 8. The highest BCUT2D eigenvalue weighted by molar-refractivity contribution is 5.87.